The van der Waals surface area contributed by atoms with Crippen molar-refractivity contribution in [2.45, 2.75) is 46.2 Å². The zero-order chi connectivity index (χ0) is 12.5. The van der Waals surface area contributed by atoms with Crippen LogP contribution < -0.4 is 5.32 Å². The summed E-state index contributed by atoms with van der Waals surface area (Å²) < 4.78 is 0. The minimum absolute atomic E-state index is 0.383. The van der Waals surface area contributed by atoms with E-state index in [9.17, 15) is 0 Å². The van der Waals surface area contributed by atoms with Crippen molar-refractivity contribution in [3.8, 4) is 0 Å². The molecule has 2 nitrogen and oxygen atoms in total. The Morgan fingerprint density at radius 2 is 2.29 bits per heavy atom. The highest BCUT2D eigenvalue weighted by Gasteiger charge is 2.29. The summed E-state index contributed by atoms with van der Waals surface area (Å²) in [6, 6.07) is 1.01. The van der Waals surface area contributed by atoms with Crippen molar-refractivity contribution < 1.29 is 0 Å². The Bertz CT molecular complexity index is 373. The fourth-order valence-electron chi connectivity index (χ4n) is 2.37. The Kier molecular flexibility index (Phi) is 4.16. The molecule has 1 N–H and O–H groups in total. The van der Waals surface area contributed by atoms with E-state index in [1.54, 1.807) is 11.3 Å². The lowest BCUT2D eigenvalue weighted by atomic mass is 9.87. The molecule has 1 aliphatic rings. The maximum absolute atomic E-state index is 4.47. The lowest BCUT2D eigenvalue weighted by Crippen LogP contribution is -2.41. The van der Waals surface area contributed by atoms with Gasteiger partial charge >= 0.3 is 0 Å². The highest BCUT2D eigenvalue weighted by molar-refractivity contribution is 7.99. The first-order valence-corrected chi connectivity index (χ1v) is 8.19. The topological polar surface area (TPSA) is 24.9 Å². The van der Waals surface area contributed by atoms with Gasteiger partial charge in [-0.3, -0.25) is 0 Å². The third kappa shape index (κ3) is 3.70. The van der Waals surface area contributed by atoms with Crippen molar-refractivity contribution in [3.63, 3.8) is 0 Å². The van der Waals surface area contributed by atoms with Gasteiger partial charge in [0, 0.05) is 22.9 Å². The zero-order valence-electron chi connectivity index (χ0n) is 11.1. The van der Waals surface area contributed by atoms with Crippen LogP contribution in [0.1, 0.15) is 43.1 Å². The van der Waals surface area contributed by atoms with Crippen LogP contribution in [0.5, 0.6) is 0 Å². The molecule has 1 aliphatic heterocycles. The molecule has 0 saturated carbocycles. The summed E-state index contributed by atoms with van der Waals surface area (Å²) in [7, 11) is 0. The molecular weight excluding hydrogens is 248 g/mol. The Morgan fingerprint density at radius 1 is 1.53 bits per heavy atom. The molecule has 2 unspecified atom stereocenters. The molecule has 4 heteroatoms. The van der Waals surface area contributed by atoms with E-state index >= 15 is 0 Å². The smallest absolute Gasteiger partial charge is 0.109 e. The van der Waals surface area contributed by atoms with Gasteiger partial charge in [-0.1, -0.05) is 13.8 Å². The molecule has 0 radical (unpaired) electrons. The number of nitrogens with one attached hydrogen (secondary N) is 1. The number of thiazole rings is 1. The van der Waals surface area contributed by atoms with Crippen molar-refractivity contribution in [1.82, 2.24) is 10.3 Å². The zero-order valence-corrected chi connectivity index (χ0v) is 12.8. The molecule has 1 aromatic rings. The minimum Gasteiger partial charge on any atom is -0.305 e. The summed E-state index contributed by atoms with van der Waals surface area (Å²) >= 11 is 3.88. The number of hydrogen-bond acceptors (Lipinski definition) is 4. The van der Waals surface area contributed by atoms with Gasteiger partial charge in [0.05, 0.1) is 6.04 Å². The monoisotopic (exact) mass is 270 g/mol. The Balaban J connectivity index is 1.92. The Morgan fingerprint density at radius 3 is 2.88 bits per heavy atom. The van der Waals surface area contributed by atoms with Crippen molar-refractivity contribution >= 4 is 23.1 Å². The molecule has 1 saturated heterocycles. The molecule has 2 rings (SSSR count). The molecule has 0 aliphatic carbocycles. The summed E-state index contributed by atoms with van der Waals surface area (Å²) in [5.74, 6) is 2.52. The number of aryl methyl sites for hydroxylation is 1. The quantitative estimate of drug-likeness (QED) is 0.908. The summed E-state index contributed by atoms with van der Waals surface area (Å²) in [6.45, 7) is 9.08. The first-order valence-electron chi connectivity index (χ1n) is 6.22. The lowest BCUT2D eigenvalue weighted by Gasteiger charge is -2.36. The van der Waals surface area contributed by atoms with E-state index in [2.05, 4.69) is 49.8 Å². The second-order valence-corrected chi connectivity index (χ2v) is 8.07. The van der Waals surface area contributed by atoms with E-state index in [-0.39, 0.29) is 0 Å². The SMILES string of the molecule is Cc1cnc(C(C)NC2CSCC(C)(C)C2)s1. The second-order valence-electron chi connectivity index (χ2n) is 5.78. The van der Waals surface area contributed by atoms with Gasteiger partial charge in [-0.2, -0.15) is 11.8 Å². The van der Waals surface area contributed by atoms with Crippen molar-refractivity contribution in [3.05, 3.63) is 16.1 Å². The molecule has 2 atom stereocenters. The fourth-order valence-corrected chi connectivity index (χ4v) is 4.44. The summed E-state index contributed by atoms with van der Waals surface area (Å²) in [4.78, 5) is 5.76. The lowest BCUT2D eigenvalue weighted by molar-refractivity contribution is 0.305. The predicted molar refractivity (Wildman–Crippen MR) is 77.9 cm³/mol. The first kappa shape index (κ1) is 13.4. The standard InChI is InChI=1S/C13H22N2S2/c1-9-6-14-12(17-9)10(2)15-11-5-13(3,4)8-16-7-11/h6,10-11,15H,5,7-8H2,1-4H3. The van der Waals surface area contributed by atoms with Gasteiger partial charge in [0.1, 0.15) is 5.01 Å². The molecule has 1 fully saturated rings. The minimum atomic E-state index is 0.383. The van der Waals surface area contributed by atoms with Crippen molar-refractivity contribution in [2.75, 3.05) is 11.5 Å². The average molecular weight is 270 g/mol. The van der Waals surface area contributed by atoms with E-state index in [1.165, 1.54) is 27.8 Å². The molecule has 0 aromatic carbocycles. The highest BCUT2D eigenvalue weighted by Crippen LogP contribution is 2.34. The Labute approximate surface area is 113 Å². The van der Waals surface area contributed by atoms with Crippen LogP contribution in [0, 0.1) is 12.3 Å². The molecular formula is C13H22N2S2. The van der Waals surface area contributed by atoms with Crippen molar-refractivity contribution in [2.24, 2.45) is 5.41 Å². The van der Waals surface area contributed by atoms with Gasteiger partial charge in [0.25, 0.3) is 0 Å². The second kappa shape index (κ2) is 5.29. The van der Waals surface area contributed by atoms with Crippen LogP contribution in [0.4, 0.5) is 0 Å². The van der Waals surface area contributed by atoms with Crippen LogP contribution in [0.3, 0.4) is 0 Å². The van der Waals surface area contributed by atoms with E-state index < -0.39 is 0 Å². The van der Waals surface area contributed by atoms with Gasteiger partial charge < -0.3 is 5.32 Å². The van der Waals surface area contributed by atoms with Gasteiger partial charge in [0.15, 0.2) is 0 Å². The van der Waals surface area contributed by atoms with Crippen molar-refractivity contribution in [1.29, 1.82) is 0 Å². The Hall–Kier alpha value is -0.0600. The van der Waals surface area contributed by atoms with Gasteiger partial charge in [-0.15, -0.1) is 11.3 Å². The molecule has 17 heavy (non-hydrogen) atoms. The number of nitrogens with zero attached hydrogens (tertiary/aromatic N) is 1. The molecule has 0 bridgehead atoms. The van der Waals surface area contributed by atoms with E-state index in [0.717, 1.165) is 0 Å². The van der Waals surface area contributed by atoms with E-state index in [4.69, 9.17) is 0 Å². The van der Waals surface area contributed by atoms with Crippen LogP contribution in [0.25, 0.3) is 0 Å². The predicted octanol–water partition coefficient (Wildman–Crippen LogP) is 3.63. The first-order chi connectivity index (χ1) is 7.96. The summed E-state index contributed by atoms with van der Waals surface area (Å²) in [6.07, 6.45) is 3.24. The maximum atomic E-state index is 4.47. The van der Waals surface area contributed by atoms with Crippen LogP contribution >= 0.6 is 23.1 Å². The van der Waals surface area contributed by atoms with Gasteiger partial charge in [0.2, 0.25) is 0 Å². The average Bonchev–Trinajstić information content (AvgIpc) is 2.63. The van der Waals surface area contributed by atoms with E-state index in [1.807, 2.05) is 6.20 Å². The van der Waals surface area contributed by atoms with Gasteiger partial charge in [-0.05, 0) is 31.4 Å². The van der Waals surface area contributed by atoms with Crippen LogP contribution in [0.2, 0.25) is 0 Å². The third-order valence-corrected chi connectivity index (χ3v) is 5.83. The van der Waals surface area contributed by atoms with Crippen LogP contribution in [-0.4, -0.2) is 22.5 Å². The van der Waals surface area contributed by atoms with Gasteiger partial charge in [-0.25, -0.2) is 4.98 Å². The molecule has 0 spiro atoms. The summed E-state index contributed by atoms with van der Waals surface area (Å²) in [5, 5.41) is 4.95. The van der Waals surface area contributed by atoms with Crippen LogP contribution in [0.15, 0.2) is 6.20 Å². The highest BCUT2D eigenvalue weighted by atomic mass is 32.2. The molecule has 0 amide bonds. The maximum Gasteiger partial charge on any atom is 0.109 e. The molecule has 1 aromatic heterocycles. The molecule has 96 valence electrons. The largest absolute Gasteiger partial charge is 0.305 e. The number of rotatable bonds is 3. The molecule has 2 heterocycles. The third-order valence-electron chi connectivity index (χ3n) is 3.11. The summed E-state index contributed by atoms with van der Waals surface area (Å²) in [5.41, 5.74) is 0.471. The number of hydrogen-bond donors (Lipinski definition) is 1. The normalized spacial score (nSPS) is 25.8. The fraction of sp³-hybridized carbons (Fsp3) is 0.769. The number of thioether (sulfide) groups is 1. The van der Waals surface area contributed by atoms with Crippen LogP contribution in [-0.2, 0) is 0 Å². The number of aromatic nitrogens is 1. The van der Waals surface area contributed by atoms with E-state index in [0.29, 0.717) is 17.5 Å².